The van der Waals surface area contributed by atoms with Crippen molar-refractivity contribution in [3.05, 3.63) is 33.8 Å². The zero-order chi connectivity index (χ0) is 12.6. The molecule has 2 aromatic rings. The largest absolute Gasteiger partial charge is 0.367 e. The number of nitrogens with two attached hydrogens (primary N) is 1. The summed E-state index contributed by atoms with van der Waals surface area (Å²) < 4.78 is 5.03. The van der Waals surface area contributed by atoms with Crippen LogP contribution in [-0.4, -0.2) is 5.16 Å². The van der Waals surface area contributed by atoms with Gasteiger partial charge in [0.15, 0.2) is 0 Å². The second-order valence-corrected chi connectivity index (χ2v) is 4.87. The summed E-state index contributed by atoms with van der Waals surface area (Å²) in [5.74, 6) is 0.495. The van der Waals surface area contributed by atoms with Gasteiger partial charge < -0.3 is 10.3 Å². The predicted octanol–water partition coefficient (Wildman–Crippen LogP) is 4.35. The summed E-state index contributed by atoms with van der Waals surface area (Å²) in [6, 6.07) is 5.31. The molecule has 0 aliphatic heterocycles. The van der Waals surface area contributed by atoms with Crippen molar-refractivity contribution in [1.29, 1.82) is 0 Å². The van der Waals surface area contributed by atoms with Crippen LogP contribution in [0.1, 0.15) is 25.3 Å². The monoisotopic (exact) mass is 270 g/mol. The molecular formula is C12H12Cl2N2O. The van der Waals surface area contributed by atoms with E-state index in [1.165, 1.54) is 0 Å². The van der Waals surface area contributed by atoms with Crippen molar-refractivity contribution in [3.63, 3.8) is 0 Å². The Bertz CT molecular complexity index is 529. The molecule has 2 rings (SSSR count). The Labute approximate surface area is 109 Å². The van der Waals surface area contributed by atoms with Gasteiger partial charge in [0.05, 0.1) is 10.0 Å². The molecule has 0 atom stereocenters. The van der Waals surface area contributed by atoms with E-state index in [9.17, 15) is 0 Å². The molecule has 5 heteroatoms. The maximum absolute atomic E-state index is 6.14. The fraction of sp³-hybridized carbons (Fsp3) is 0.250. The summed E-state index contributed by atoms with van der Waals surface area (Å²) in [6.07, 6.45) is 0. The van der Waals surface area contributed by atoms with Gasteiger partial charge in [-0.3, -0.25) is 0 Å². The van der Waals surface area contributed by atoms with E-state index in [4.69, 9.17) is 33.5 Å². The lowest BCUT2D eigenvalue weighted by Crippen LogP contribution is -1.95. The van der Waals surface area contributed by atoms with Crippen LogP contribution in [0.2, 0.25) is 10.0 Å². The summed E-state index contributed by atoms with van der Waals surface area (Å²) in [7, 11) is 0. The Morgan fingerprint density at radius 1 is 1.24 bits per heavy atom. The van der Waals surface area contributed by atoms with Crippen LogP contribution < -0.4 is 5.73 Å². The Balaban J connectivity index is 2.69. The van der Waals surface area contributed by atoms with Crippen molar-refractivity contribution >= 4 is 29.1 Å². The van der Waals surface area contributed by atoms with E-state index in [0.717, 1.165) is 5.56 Å². The number of aromatic nitrogens is 1. The van der Waals surface area contributed by atoms with E-state index in [0.29, 0.717) is 27.2 Å². The summed E-state index contributed by atoms with van der Waals surface area (Å²) in [4.78, 5) is 0. The van der Waals surface area contributed by atoms with Crippen molar-refractivity contribution < 1.29 is 4.52 Å². The number of hydrogen-bond acceptors (Lipinski definition) is 3. The molecule has 2 N–H and O–H groups in total. The van der Waals surface area contributed by atoms with Crippen molar-refractivity contribution in [1.82, 2.24) is 5.16 Å². The molecule has 1 aromatic carbocycles. The Hall–Kier alpha value is -1.19. The van der Waals surface area contributed by atoms with Gasteiger partial charge in [-0.25, -0.2) is 0 Å². The van der Waals surface area contributed by atoms with Gasteiger partial charge in [-0.15, -0.1) is 0 Å². The Morgan fingerprint density at radius 2 is 1.82 bits per heavy atom. The highest BCUT2D eigenvalue weighted by Crippen LogP contribution is 2.40. The molecule has 17 heavy (non-hydrogen) atoms. The number of nitrogen functional groups attached to an aromatic ring is 1. The summed E-state index contributed by atoms with van der Waals surface area (Å²) >= 11 is 12.3. The quantitative estimate of drug-likeness (QED) is 0.883. The molecule has 0 unspecified atom stereocenters. The first-order chi connectivity index (χ1) is 8.02. The number of benzene rings is 1. The van der Waals surface area contributed by atoms with Crippen molar-refractivity contribution in [2.75, 3.05) is 5.73 Å². The highest BCUT2D eigenvalue weighted by Gasteiger charge is 2.21. The highest BCUT2D eigenvalue weighted by atomic mass is 35.5. The molecule has 0 radical (unpaired) electrons. The number of nitrogens with zero attached hydrogens (tertiary/aromatic N) is 1. The van der Waals surface area contributed by atoms with E-state index in [1.54, 1.807) is 18.2 Å². The number of halogens is 2. The third kappa shape index (κ3) is 2.13. The lowest BCUT2D eigenvalue weighted by molar-refractivity contribution is 0.438. The van der Waals surface area contributed by atoms with E-state index in [1.807, 2.05) is 13.8 Å². The van der Waals surface area contributed by atoms with Crippen LogP contribution in [0.4, 0.5) is 5.88 Å². The van der Waals surface area contributed by atoms with Crippen LogP contribution in [-0.2, 0) is 0 Å². The van der Waals surface area contributed by atoms with E-state index in [-0.39, 0.29) is 5.92 Å². The molecule has 0 amide bonds. The third-order valence-electron chi connectivity index (χ3n) is 2.53. The second kappa shape index (κ2) is 4.59. The fourth-order valence-electron chi connectivity index (χ4n) is 1.77. The first kappa shape index (κ1) is 12.3. The summed E-state index contributed by atoms with van der Waals surface area (Å²) in [5.41, 5.74) is 7.88. The summed E-state index contributed by atoms with van der Waals surface area (Å²) in [6.45, 7) is 4.02. The van der Waals surface area contributed by atoms with Crippen LogP contribution in [0.25, 0.3) is 11.3 Å². The van der Waals surface area contributed by atoms with E-state index >= 15 is 0 Å². The third-order valence-corrected chi connectivity index (χ3v) is 3.16. The SMILES string of the molecule is CC(C)c1c(-c2c(Cl)cccc2Cl)noc1N. The highest BCUT2D eigenvalue weighted by molar-refractivity contribution is 6.39. The van der Waals surface area contributed by atoms with Gasteiger partial charge in [0.2, 0.25) is 5.88 Å². The van der Waals surface area contributed by atoms with Gasteiger partial charge in [-0.05, 0) is 18.1 Å². The lowest BCUT2D eigenvalue weighted by Gasteiger charge is -2.08. The van der Waals surface area contributed by atoms with Gasteiger partial charge in [-0.1, -0.05) is 48.3 Å². The van der Waals surface area contributed by atoms with Gasteiger partial charge in [-0.2, -0.15) is 0 Å². The number of rotatable bonds is 2. The number of anilines is 1. The molecule has 0 spiro atoms. The summed E-state index contributed by atoms with van der Waals surface area (Å²) in [5, 5.41) is 5.03. The zero-order valence-electron chi connectivity index (χ0n) is 9.50. The van der Waals surface area contributed by atoms with Gasteiger partial charge in [0.1, 0.15) is 5.69 Å². The molecule has 0 aliphatic rings. The zero-order valence-corrected chi connectivity index (χ0v) is 11.0. The van der Waals surface area contributed by atoms with Crippen LogP contribution in [0.15, 0.2) is 22.7 Å². The smallest absolute Gasteiger partial charge is 0.226 e. The van der Waals surface area contributed by atoms with Gasteiger partial charge in [0.25, 0.3) is 0 Å². The average molecular weight is 271 g/mol. The molecule has 1 heterocycles. The minimum atomic E-state index is 0.184. The van der Waals surface area contributed by atoms with E-state index in [2.05, 4.69) is 5.16 Å². The Morgan fingerprint density at radius 3 is 2.35 bits per heavy atom. The van der Waals surface area contributed by atoms with Crippen molar-refractivity contribution in [2.45, 2.75) is 19.8 Å². The normalized spacial score (nSPS) is 11.1. The first-order valence-electron chi connectivity index (χ1n) is 5.21. The average Bonchev–Trinajstić information content (AvgIpc) is 2.60. The standard InChI is InChI=1S/C12H12Cl2N2O/c1-6(2)9-11(16-17-12(9)15)10-7(13)4-3-5-8(10)14/h3-6H,15H2,1-2H3. The topological polar surface area (TPSA) is 52.0 Å². The molecule has 1 aromatic heterocycles. The minimum Gasteiger partial charge on any atom is -0.367 e. The predicted molar refractivity (Wildman–Crippen MR) is 70.5 cm³/mol. The van der Waals surface area contributed by atoms with E-state index < -0.39 is 0 Å². The molecule has 90 valence electrons. The Kier molecular flexibility index (Phi) is 3.31. The van der Waals surface area contributed by atoms with Crippen LogP contribution in [0.5, 0.6) is 0 Å². The maximum atomic E-state index is 6.14. The number of hydrogen-bond donors (Lipinski definition) is 1. The molecule has 3 nitrogen and oxygen atoms in total. The van der Waals surface area contributed by atoms with Gasteiger partial charge >= 0.3 is 0 Å². The molecular weight excluding hydrogens is 259 g/mol. The maximum Gasteiger partial charge on any atom is 0.226 e. The lowest BCUT2D eigenvalue weighted by atomic mass is 9.99. The van der Waals surface area contributed by atoms with Gasteiger partial charge in [0, 0.05) is 11.1 Å². The second-order valence-electron chi connectivity index (χ2n) is 4.06. The molecule has 0 aliphatic carbocycles. The van der Waals surface area contributed by atoms with Crippen molar-refractivity contribution in [2.24, 2.45) is 0 Å². The van der Waals surface area contributed by atoms with Crippen LogP contribution in [0, 0.1) is 0 Å². The van der Waals surface area contributed by atoms with Crippen LogP contribution >= 0.6 is 23.2 Å². The first-order valence-corrected chi connectivity index (χ1v) is 5.97. The molecule has 0 fully saturated rings. The molecule has 0 saturated carbocycles. The van der Waals surface area contributed by atoms with Crippen molar-refractivity contribution in [3.8, 4) is 11.3 Å². The minimum absolute atomic E-state index is 0.184. The molecule has 0 bridgehead atoms. The van der Waals surface area contributed by atoms with Crippen LogP contribution in [0.3, 0.4) is 0 Å². The molecule has 0 saturated heterocycles. The fourth-order valence-corrected chi connectivity index (χ4v) is 2.35.